The molecule has 0 unspecified atom stereocenters. The molecule has 0 fully saturated rings. The Kier molecular flexibility index (Phi) is 6.19. The molecule has 1 aromatic heterocycles. The predicted molar refractivity (Wildman–Crippen MR) is 136 cm³/mol. The van der Waals surface area contributed by atoms with Crippen molar-refractivity contribution in [2.24, 2.45) is 0 Å². The number of ether oxygens (including phenoxy) is 3. The SMILES string of the molecule is COc1ccc(S(=O)(=O)N(Cc2ccc3c(c2)OCO3)Cc2cc3cc(C)c(C)cc3[nH]c2=O)cc1. The van der Waals surface area contributed by atoms with Crippen molar-refractivity contribution in [1.82, 2.24) is 9.29 Å². The van der Waals surface area contributed by atoms with E-state index in [9.17, 15) is 13.2 Å². The van der Waals surface area contributed by atoms with Gasteiger partial charge in [0.1, 0.15) is 5.75 Å². The molecule has 2 heterocycles. The van der Waals surface area contributed by atoms with E-state index < -0.39 is 10.0 Å². The van der Waals surface area contributed by atoms with E-state index in [4.69, 9.17) is 14.2 Å². The van der Waals surface area contributed by atoms with Gasteiger partial charge in [-0.2, -0.15) is 4.31 Å². The van der Waals surface area contributed by atoms with E-state index in [2.05, 4.69) is 4.98 Å². The van der Waals surface area contributed by atoms with Gasteiger partial charge < -0.3 is 19.2 Å². The van der Waals surface area contributed by atoms with Gasteiger partial charge in [0.2, 0.25) is 16.8 Å². The van der Waals surface area contributed by atoms with Crippen LogP contribution in [0.5, 0.6) is 17.2 Å². The fraction of sp³-hybridized carbons (Fsp3) is 0.222. The lowest BCUT2D eigenvalue weighted by atomic mass is 10.0. The summed E-state index contributed by atoms with van der Waals surface area (Å²) in [5.74, 6) is 1.72. The van der Waals surface area contributed by atoms with Crippen LogP contribution in [-0.4, -0.2) is 31.6 Å². The van der Waals surface area contributed by atoms with Gasteiger partial charge in [0.25, 0.3) is 5.56 Å². The Morgan fingerprint density at radius 3 is 2.39 bits per heavy atom. The van der Waals surface area contributed by atoms with Crippen LogP contribution in [-0.2, 0) is 23.1 Å². The molecule has 3 aromatic carbocycles. The number of sulfonamides is 1. The maximum absolute atomic E-state index is 13.8. The van der Waals surface area contributed by atoms with Crippen LogP contribution in [0.15, 0.2) is 70.4 Å². The summed E-state index contributed by atoms with van der Waals surface area (Å²) >= 11 is 0. The number of benzene rings is 3. The summed E-state index contributed by atoms with van der Waals surface area (Å²) in [5.41, 5.74) is 3.60. The minimum absolute atomic E-state index is 0.0371. The number of nitrogens with zero attached hydrogens (tertiary/aromatic N) is 1. The molecule has 186 valence electrons. The third kappa shape index (κ3) is 4.55. The van der Waals surface area contributed by atoms with Crippen molar-refractivity contribution in [1.29, 1.82) is 0 Å². The van der Waals surface area contributed by atoms with Crippen molar-refractivity contribution < 1.29 is 22.6 Å². The molecular weight excluding hydrogens is 480 g/mol. The van der Waals surface area contributed by atoms with Gasteiger partial charge in [0, 0.05) is 24.2 Å². The van der Waals surface area contributed by atoms with Gasteiger partial charge in [-0.3, -0.25) is 4.79 Å². The molecule has 0 amide bonds. The summed E-state index contributed by atoms with van der Waals surface area (Å²) in [6, 6.07) is 17.2. The average Bonchev–Trinajstić information content (AvgIpc) is 3.33. The van der Waals surface area contributed by atoms with Crippen LogP contribution in [0.1, 0.15) is 22.3 Å². The number of aromatic amines is 1. The lowest BCUT2D eigenvalue weighted by molar-refractivity contribution is 0.174. The van der Waals surface area contributed by atoms with E-state index in [1.165, 1.54) is 23.5 Å². The third-order valence-corrected chi connectivity index (χ3v) is 8.18. The first-order valence-electron chi connectivity index (χ1n) is 11.4. The number of H-pyrrole nitrogens is 1. The average molecular weight is 507 g/mol. The number of hydrogen-bond donors (Lipinski definition) is 1. The van der Waals surface area contributed by atoms with E-state index in [1.807, 2.05) is 26.0 Å². The highest BCUT2D eigenvalue weighted by Crippen LogP contribution is 2.33. The van der Waals surface area contributed by atoms with E-state index in [0.29, 0.717) is 33.9 Å². The first-order chi connectivity index (χ1) is 17.2. The Balaban J connectivity index is 1.56. The number of nitrogens with one attached hydrogen (secondary N) is 1. The zero-order valence-electron chi connectivity index (χ0n) is 20.2. The van der Waals surface area contributed by atoms with Gasteiger partial charge >= 0.3 is 0 Å². The maximum atomic E-state index is 13.8. The van der Waals surface area contributed by atoms with Crippen LogP contribution in [0.3, 0.4) is 0 Å². The molecule has 0 aliphatic carbocycles. The second-order valence-corrected chi connectivity index (χ2v) is 10.7. The molecule has 36 heavy (non-hydrogen) atoms. The Morgan fingerprint density at radius 2 is 1.64 bits per heavy atom. The van der Waals surface area contributed by atoms with Gasteiger partial charge in [-0.15, -0.1) is 0 Å². The Morgan fingerprint density at radius 1 is 0.917 bits per heavy atom. The monoisotopic (exact) mass is 506 g/mol. The normalized spacial score (nSPS) is 12.9. The molecule has 0 bridgehead atoms. The fourth-order valence-electron chi connectivity index (χ4n) is 4.20. The molecule has 0 radical (unpaired) electrons. The molecule has 4 aromatic rings. The number of fused-ring (bicyclic) bond motifs is 2. The molecule has 1 aliphatic rings. The van der Waals surface area contributed by atoms with Crippen LogP contribution < -0.4 is 19.8 Å². The van der Waals surface area contributed by atoms with Gasteiger partial charge in [0.15, 0.2) is 11.5 Å². The van der Waals surface area contributed by atoms with Crippen molar-refractivity contribution >= 4 is 20.9 Å². The smallest absolute Gasteiger partial charge is 0.252 e. The molecule has 1 aliphatic heterocycles. The summed E-state index contributed by atoms with van der Waals surface area (Å²) in [6.07, 6.45) is 0. The number of rotatable bonds is 7. The van der Waals surface area contributed by atoms with Gasteiger partial charge in [-0.1, -0.05) is 6.07 Å². The molecular formula is C27H26N2O6S. The molecule has 0 atom stereocenters. The topological polar surface area (TPSA) is 97.9 Å². The van der Waals surface area contributed by atoms with Gasteiger partial charge in [0.05, 0.1) is 12.0 Å². The molecule has 0 saturated heterocycles. The van der Waals surface area contributed by atoms with Crippen LogP contribution in [0.25, 0.3) is 10.9 Å². The van der Waals surface area contributed by atoms with Crippen molar-refractivity contribution in [3.05, 3.63) is 93.3 Å². The minimum atomic E-state index is -3.97. The van der Waals surface area contributed by atoms with E-state index in [1.54, 1.807) is 36.4 Å². The number of hydrogen-bond acceptors (Lipinski definition) is 6. The minimum Gasteiger partial charge on any atom is -0.497 e. The standard InChI is InChI=1S/C27H26N2O6S/c1-17-10-20-13-21(27(30)28-24(20)11-18(17)2)15-29(14-19-4-9-25-26(12-19)35-16-34-25)36(31,32)23-7-5-22(33-3)6-8-23/h4-13H,14-16H2,1-3H3,(H,28,30). The number of aromatic nitrogens is 1. The zero-order valence-corrected chi connectivity index (χ0v) is 21.0. The molecule has 0 spiro atoms. The van der Waals surface area contributed by atoms with E-state index in [-0.39, 0.29) is 30.3 Å². The fourth-order valence-corrected chi connectivity index (χ4v) is 5.60. The summed E-state index contributed by atoms with van der Waals surface area (Å²) in [7, 11) is -2.45. The lowest BCUT2D eigenvalue weighted by Gasteiger charge is -2.23. The second-order valence-electron chi connectivity index (χ2n) is 8.78. The van der Waals surface area contributed by atoms with Crippen LogP contribution in [0.4, 0.5) is 0 Å². The summed E-state index contributed by atoms with van der Waals surface area (Å²) in [5, 5.41) is 0.845. The molecule has 1 N–H and O–H groups in total. The van der Waals surface area contributed by atoms with Gasteiger partial charge in [-0.25, -0.2) is 8.42 Å². The van der Waals surface area contributed by atoms with Crippen molar-refractivity contribution in [2.45, 2.75) is 31.8 Å². The third-order valence-electron chi connectivity index (χ3n) is 6.38. The second kappa shape index (κ2) is 9.33. The molecule has 5 rings (SSSR count). The van der Waals surface area contributed by atoms with Crippen LogP contribution in [0.2, 0.25) is 0 Å². The van der Waals surface area contributed by atoms with Crippen LogP contribution >= 0.6 is 0 Å². The Bertz CT molecular complexity index is 1610. The first-order valence-corrected chi connectivity index (χ1v) is 12.8. The number of methoxy groups -OCH3 is 1. The highest BCUT2D eigenvalue weighted by molar-refractivity contribution is 7.89. The largest absolute Gasteiger partial charge is 0.497 e. The van der Waals surface area contributed by atoms with Gasteiger partial charge in [-0.05, 0) is 90.5 Å². The molecule has 9 heteroatoms. The summed E-state index contributed by atoms with van der Waals surface area (Å²) in [6.45, 7) is 4.03. The Labute approximate surface area is 209 Å². The molecule has 0 saturated carbocycles. The van der Waals surface area contributed by atoms with Crippen LogP contribution in [0, 0.1) is 13.8 Å². The predicted octanol–water partition coefficient (Wildman–Crippen LogP) is 4.27. The summed E-state index contributed by atoms with van der Waals surface area (Å²) < 4.78 is 44.8. The number of pyridine rings is 1. The van der Waals surface area contributed by atoms with Crippen molar-refractivity contribution in [3.8, 4) is 17.2 Å². The summed E-state index contributed by atoms with van der Waals surface area (Å²) in [4.78, 5) is 16.0. The Hall–Kier alpha value is -3.82. The zero-order chi connectivity index (χ0) is 25.4. The van der Waals surface area contributed by atoms with E-state index in [0.717, 1.165) is 16.5 Å². The lowest BCUT2D eigenvalue weighted by Crippen LogP contribution is -2.32. The van der Waals surface area contributed by atoms with Crippen molar-refractivity contribution in [3.63, 3.8) is 0 Å². The highest BCUT2D eigenvalue weighted by Gasteiger charge is 2.27. The van der Waals surface area contributed by atoms with E-state index >= 15 is 0 Å². The highest BCUT2D eigenvalue weighted by atomic mass is 32.2. The maximum Gasteiger partial charge on any atom is 0.252 e. The quantitative estimate of drug-likeness (QED) is 0.402. The molecule has 8 nitrogen and oxygen atoms in total. The first kappa shape index (κ1) is 23.9. The number of aryl methyl sites for hydroxylation is 2. The van der Waals surface area contributed by atoms with Crippen molar-refractivity contribution in [2.75, 3.05) is 13.9 Å².